The number of carbonyl (C=O) groups is 2. The summed E-state index contributed by atoms with van der Waals surface area (Å²) in [5.74, 6) is 1.62. The van der Waals surface area contributed by atoms with Crippen molar-refractivity contribution in [2.24, 2.45) is 5.92 Å². The predicted molar refractivity (Wildman–Crippen MR) is 160 cm³/mol. The van der Waals surface area contributed by atoms with Crippen molar-refractivity contribution in [1.29, 1.82) is 5.26 Å². The number of carbonyl (C=O) groups excluding carboxylic acids is 2. The van der Waals surface area contributed by atoms with Gasteiger partial charge in [-0.05, 0) is 50.8 Å². The SMILES string of the molecule is COc1c(C)cc2c(c1O)C1C3Cc4c(OC(C)=O)c(C)c5c(c4[C@H](CNC(=O)CC(C)C)N3[C@@H](C#N)[C@H](C2)N1C)OCO5. The van der Waals surface area contributed by atoms with Crippen LogP contribution in [-0.4, -0.2) is 72.4 Å². The van der Waals surface area contributed by atoms with E-state index in [1.165, 1.54) is 6.92 Å². The number of fused-ring (bicyclic) bond motifs is 9. The topological polar surface area (TPSA) is 134 Å². The Bertz CT molecular complexity index is 1580. The number of ether oxygens (including phenoxy) is 4. The van der Waals surface area contributed by atoms with Gasteiger partial charge in [0.05, 0.1) is 25.3 Å². The number of esters is 1. The molecule has 2 N–H and O–H groups in total. The molecule has 1 fully saturated rings. The summed E-state index contributed by atoms with van der Waals surface area (Å²) < 4.78 is 23.5. The van der Waals surface area contributed by atoms with Crippen molar-refractivity contribution in [2.45, 2.75) is 84.1 Å². The third-order valence-electron chi connectivity index (χ3n) is 9.60. The Labute approximate surface area is 257 Å². The number of aryl methyl sites for hydroxylation is 1. The van der Waals surface area contributed by atoms with Crippen molar-refractivity contribution < 1.29 is 33.6 Å². The van der Waals surface area contributed by atoms with Crippen molar-refractivity contribution in [3.8, 4) is 34.8 Å². The first kappa shape index (κ1) is 30.0. The van der Waals surface area contributed by atoms with Crippen LogP contribution in [0.5, 0.6) is 28.7 Å². The molecule has 2 unspecified atom stereocenters. The number of methoxy groups -OCH3 is 1. The van der Waals surface area contributed by atoms with Crippen molar-refractivity contribution in [1.82, 2.24) is 15.1 Å². The molecule has 1 saturated heterocycles. The summed E-state index contributed by atoms with van der Waals surface area (Å²) in [6.45, 7) is 9.32. The van der Waals surface area contributed by atoms with Gasteiger partial charge in [-0.25, -0.2) is 0 Å². The van der Waals surface area contributed by atoms with Gasteiger partial charge in [-0.1, -0.05) is 19.9 Å². The van der Waals surface area contributed by atoms with Crippen LogP contribution in [0.4, 0.5) is 0 Å². The van der Waals surface area contributed by atoms with Crippen LogP contribution < -0.4 is 24.3 Å². The molecule has 2 aromatic rings. The van der Waals surface area contributed by atoms with Crippen molar-refractivity contribution in [3.63, 3.8) is 0 Å². The van der Waals surface area contributed by atoms with Crippen LogP contribution in [0.25, 0.3) is 0 Å². The van der Waals surface area contributed by atoms with Gasteiger partial charge in [-0.2, -0.15) is 5.26 Å². The maximum absolute atomic E-state index is 13.0. The van der Waals surface area contributed by atoms with E-state index >= 15 is 0 Å². The Balaban J connectivity index is 1.59. The lowest BCUT2D eigenvalue weighted by atomic mass is 9.71. The fraction of sp³-hybridized carbons (Fsp3) is 0.545. The van der Waals surface area contributed by atoms with Gasteiger partial charge in [-0.3, -0.25) is 19.4 Å². The van der Waals surface area contributed by atoms with Gasteiger partial charge < -0.3 is 29.4 Å². The first-order chi connectivity index (χ1) is 21.0. The first-order valence-corrected chi connectivity index (χ1v) is 15.2. The monoisotopic (exact) mass is 604 g/mol. The second-order valence-electron chi connectivity index (χ2n) is 12.7. The maximum atomic E-state index is 13.0. The number of nitriles is 1. The minimum absolute atomic E-state index is 0.0120. The van der Waals surface area contributed by atoms with E-state index in [0.29, 0.717) is 47.8 Å². The Hall–Kier alpha value is -4.01. The number of aromatic hydroxyl groups is 1. The quantitative estimate of drug-likeness (QED) is 0.372. The van der Waals surface area contributed by atoms with E-state index in [9.17, 15) is 20.0 Å². The molecule has 44 heavy (non-hydrogen) atoms. The molecule has 11 nitrogen and oxygen atoms in total. The Morgan fingerprint density at radius 1 is 1.16 bits per heavy atom. The Morgan fingerprint density at radius 2 is 1.89 bits per heavy atom. The van der Waals surface area contributed by atoms with E-state index in [1.807, 2.05) is 34.7 Å². The van der Waals surface area contributed by atoms with E-state index in [1.54, 1.807) is 7.11 Å². The smallest absolute Gasteiger partial charge is 0.308 e. The molecule has 0 spiro atoms. The lowest BCUT2D eigenvalue weighted by Crippen LogP contribution is -2.68. The molecule has 1 amide bonds. The molecule has 11 heteroatoms. The van der Waals surface area contributed by atoms with E-state index in [0.717, 1.165) is 27.8 Å². The van der Waals surface area contributed by atoms with Crippen molar-refractivity contribution >= 4 is 11.9 Å². The minimum atomic E-state index is -0.546. The molecule has 2 bridgehead atoms. The number of phenolic OH excluding ortho intramolecular Hbond substituents is 1. The number of rotatable bonds is 6. The third kappa shape index (κ3) is 4.54. The van der Waals surface area contributed by atoms with Gasteiger partial charge in [0.25, 0.3) is 0 Å². The van der Waals surface area contributed by atoms with Gasteiger partial charge >= 0.3 is 5.97 Å². The zero-order chi connectivity index (χ0) is 31.6. The summed E-state index contributed by atoms with van der Waals surface area (Å²) in [6.07, 6.45) is 1.33. The summed E-state index contributed by atoms with van der Waals surface area (Å²) in [5, 5.41) is 25.5. The van der Waals surface area contributed by atoms with Crippen LogP contribution in [0.2, 0.25) is 0 Å². The third-order valence-corrected chi connectivity index (χ3v) is 9.60. The van der Waals surface area contributed by atoms with Gasteiger partial charge in [0.1, 0.15) is 11.8 Å². The molecule has 0 radical (unpaired) electrons. The van der Waals surface area contributed by atoms with Crippen LogP contribution in [0.15, 0.2) is 6.07 Å². The standard InChI is InChI=1S/C33H40N4O7/c1-15(2)8-25(39)35-13-24-27-20(31(44-18(5)38)17(4)32-33(27)43-14-42-32)11-22-28-26-19(9-16(3)30(41-7)29(26)40)10-21(36(28)6)23(12-34)37(22)24/h9,15,21-24,28,40H,8,10-11,13-14H2,1-7H3,(H,35,39)/t21-,22?,23-,24-,28?/m0/s1. The van der Waals surface area contributed by atoms with Gasteiger partial charge in [-0.15, -0.1) is 0 Å². The van der Waals surface area contributed by atoms with Crippen LogP contribution >= 0.6 is 0 Å². The predicted octanol–water partition coefficient (Wildman–Crippen LogP) is 3.61. The fourth-order valence-electron chi connectivity index (χ4n) is 7.96. The zero-order valence-electron chi connectivity index (χ0n) is 26.3. The molecule has 0 aliphatic carbocycles. The fourth-order valence-corrected chi connectivity index (χ4v) is 7.96. The molecular weight excluding hydrogens is 564 g/mol. The van der Waals surface area contributed by atoms with Crippen molar-refractivity contribution in [2.75, 3.05) is 27.5 Å². The Morgan fingerprint density at radius 3 is 2.55 bits per heavy atom. The van der Waals surface area contributed by atoms with Crippen LogP contribution in [0.3, 0.4) is 0 Å². The number of benzene rings is 2. The average molecular weight is 605 g/mol. The van der Waals surface area contributed by atoms with Crippen LogP contribution in [0, 0.1) is 31.1 Å². The summed E-state index contributed by atoms with van der Waals surface area (Å²) in [4.78, 5) is 29.8. The largest absolute Gasteiger partial charge is 0.504 e. The lowest BCUT2D eigenvalue weighted by molar-refractivity contribution is -0.132. The second kappa shape index (κ2) is 11.2. The number of hydrogen-bond acceptors (Lipinski definition) is 10. The van der Waals surface area contributed by atoms with Crippen molar-refractivity contribution in [3.05, 3.63) is 39.4 Å². The lowest BCUT2D eigenvalue weighted by Gasteiger charge is -2.60. The number of nitrogens with one attached hydrogen (secondary N) is 1. The molecule has 234 valence electrons. The Kier molecular flexibility index (Phi) is 7.62. The first-order valence-electron chi connectivity index (χ1n) is 15.2. The van der Waals surface area contributed by atoms with Gasteiger partial charge in [0.2, 0.25) is 12.7 Å². The summed E-state index contributed by atoms with van der Waals surface area (Å²) in [5.41, 5.74) is 4.79. The molecule has 4 heterocycles. The highest BCUT2D eigenvalue weighted by Crippen LogP contribution is 2.58. The molecule has 4 aliphatic rings. The maximum Gasteiger partial charge on any atom is 0.308 e. The highest BCUT2D eigenvalue weighted by Gasteiger charge is 2.56. The number of piperazine rings is 1. The van der Waals surface area contributed by atoms with E-state index in [2.05, 4.69) is 27.3 Å². The van der Waals surface area contributed by atoms with Crippen LogP contribution in [-0.2, 0) is 22.4 Å². The van der Waals surface area contributed by atoms with Gasteiger partial charge in [0, 0.05) is 54.2 Å². The summed E-state index contributed by atoms with van der Waals surface area (Å²) in [6, 6.07) is 2.79. The van der Waals surface area contributed by atoms with E-state index < -0.39 is 18.1 Å². The molecular formula is C33H40N4O7. The number of likely N-dealkylation sites (N-methyl/N-ethyl adjacent to an activating group) is 1. The van der Waals surface area contributed by atoms with E-state index in [4.69, 9.17) is 18.9 Å². The number of nitrogens with zero attached hydrogens (tertiary/aromatic N) is 3. The summed E-state index contributed by atoms with van der Waals surface area (Å²) in [7, 11) is 3.55. The zero-order valence-corrected chi connectivity index (χ0v) is 26.3. The number of phenols is 1. The summed E-state index contributed by atoms with van der Waals surface area (Å²) >= 11 is 0. The highest BCUT2D eigenvalue weighted by molar-refractivity contribution is 5.77. The molecule has 4 aliphatic heterocycles. The minimum Gasteiger partial charge on any atom is -0.504 e. The van der Waals surface area contributed by atoms with Crippen LogP contribution in [0.1, 0.15) is 72.7 Å². The molecule has 5 atom stereocenters. The normalized spacial score (nSPS) is 25.0. The highest BCUT2D eigenvalue weighted by atomic mass is 16.7. The number of amides is 1. The molecule has 2 aromatic carbocycles. The molecule has 6 rings (SSSR count). The number of hydrogen-bond donors (Lipinski definition) is 2. The average Bonchev–Trinajstić information content (AvgIpc) is 3.44. The second-order valence-corrected chi connectivity index (χ2v) is 12.7. The van der Waals surface area contributed by atoms with Gasteiger partial charge in [0.15, 0.2) is 23.0 Å². The van der Waals surface area contributed by atoms with E-state index in [-0.39, 0.29) is 49.0 Å². The molecule has 0 aromatic heterocycles. The molecule has 0 saturated carbocycles.